The standard InChI is InChI=1S/C41H48N2O5S/c1-40(2)22-35-23-41(3,27-40)28-43(35)25-36-21-38(31-17-15-29(26-44)16-18-31)48-39(47-36)34-12-8-11-33(20-34)32-10-7-9-30(19-32)24-42-49(45,46)37-13-5-4-6-14-37/h4-20,35-36,38-39,42,44H,21-28H2,1-3H3. The summed E-state index contributed by atoms with van der Waals surface area (Å²) in [6, 6.07) is 33.3. The summed E-state index contributed by atoms with van der Waals surface area (Å²) in [5.74, 6) is 0. The van der Waals surface area contributed by atoms with Gasteiger partial charge in [0, 0.05) is 37.7 Å². The van der Waals surface area contributed by atoms with Crippen LogP contribution in [0.15, 0.2) is 108 Å². The van der Waals surface area contributed by atoms with Crippen LogP contribution in [0.4, 0.5) is 0 Å². The molecule has 4 aromatic rings. The number of fused-ring (bicyclic) bond motifs is 2. The highest BCUT2D eigenvalue weighted by Crippen LogP contribution is 2.53. The first-order chi connectivity index (χ1) is 23.5. The van der Waals surface area contributed by atoms with Gasteiger partial charge in [0.15, 0.2) is 6.29 Å². The number of ether oxygens (including phenoxy) is 2. The van der Waals surface area contributed by atoms with Gasteiger partial charge in [0.25, 0.3) is 0 Å². The maximum Gasteiger partial charge on any atom is 0.240 e. The van der Waals surface area contributed by atoms with E-state index in [2.05, 4.69) is 60.7 Å². The van der Waals surface area contributed by atoms with Crippen molar-refractivity contribution in [3.8, 4) is 11.1 Å². The van der Waals surface area contributed by atoms with E-state index in [1.54, 1.807) is 30.3 Å². The zero-order valence-electron chi connectivity index (χ0n) is 28.7. The van der Waals surface area contributed by atoms with Crippen molar-refractivity contribution in [3.05, 3.63) is 125 Å². The van der Waals surface area contributed by atoms with Gasteiger partial charge in [-0.05, 0) is 82.2 Å². The molecule has 2 heterocycles. The zero-order chi connectivity index (χ0) is 34.2. The van der Waals surface area contributed by atoms with Crippen molar-refractivity contribution in [1.82, 2.24) is 9.62 Å². The van der Waals surface area contributed by atoms with E-state index in [4.69, 9.17) is 9.47 Å². The van der Waals surface area contributed by atoms with Crippen LogP contribution in [0.25, 0.3) is 11.1 Å². The second-order valence-electron chi connectivity index (χ2n) is 15.5. The zero-order valence-corrected chi connectivity index (χ0v) is 29.5. The fraction of sp³-hybridized carbons (Fsp3) is 0.415. The first-order valence-electron chi connectivity index (χ1n) is 17.5. The maximum atomic E-state index is 12.8. The molecule has 0 spiro atoms. The molecule has 7 rings (SSSR count). The van der Waals surface area contributed by atoms with E-state index in [1.807, 2.05) is 42.5 Å². The lowest BCUT2D eigenvalue weighted by atomic mass is 9.65. The molecule has 7 nitrogen and oxygen atoms in total. The van der Waals surface area contributed by atoms with Crippen molar-refractivity contribution in [2.45, 2.75) is 89.0 Å². The van der Waals surface area contributed by atoms with E-state index >= 15 is 0 Å². The predicted molar refractivity (Wildman–Crippen MR) is 192 cm³/mol. The van der Waals surface area contributed by atoms with E-state index in [9.17, 15) is 13.5 Å². The minimum absolute atomic E-state index is 0.00282. The summed E-state index contributed by atoms with van der Waals surface area (Å²) in [7, 11) is -3.62. The van der Waals surface area contributed by atoms with Crippen LogP contribution in [0.3, 0.4) is 0 Å². The number of hydrogen-bond acceptors (Lipinski definition) is 6. The van der Waals surface area contributed by atoms with Gasteiger partial charge >= 0.3 is 0 Å². The summed E-state index contributed by atoms with van der Waals surface area (Å²) < 4.78 is 41.9. The third kappa shape index (κ3) is 7.85. The van der Waals surface area contributed by atoms with Crippen LogP contribution in [0.2, 0.25) is 0 Å². The Balaban J connectivity index is 1.11. The summed E-state index contributed by atoms with van der Waals surface area (Å²) >= 11 is 0. The number of aliphatic hydroxyl groups excluding tert-OH is 1. The molecule has 3 fully saturated rings. The lowest BCUT2D eigenvalue weighted by Gasteiger charge is -2.41. The highest BCUT2D eigenvalue weighted by Gasteiger charge is 2.50. The third-order valence-electron chi connectivity index (χ3n) is 10.5. The van der Waals surface area contributed by atoms with Crippen molar-refractivity contribution >= 4 is 10.0 Å². The van der Waals surface area contributed by atoms with Gasteiger partial charge in [-0.25, -0.2) is 13.1 Å². The molecule has 8 heteroatoms. The number of sulfonamides is 1. The normalized spacial score (nSPS) is 26.9. The molecule has 1 saturated carbocycles. The number of nitrogens with zero attached hydrogens (tertiary/aromatic N) is 1. The molecule has 1 aliphatic carbocycles. The summed E-state index contributed by atoms with van der Waals surface area (Å²) in [5.41, 5.74) is 6.48. The van der Waals surface area contributed by atoms with E-state index in [0.29, 0.717) is 16.9 Å². The molecule has 2 aliphatic heterocycles. The number of aliphatic hydroxyl groups is 1. The summed E-state index contributed by atoms with van der Waals surface area (Å²) in [4.78, 5) is 2.93. The van der Waals surface area contributed by atoms with Gasteiger partial charge in [-0.15, -0.1) is 0 Å². The summed E-state index contributed by atoms with van der Waals surface area (Å²) in [6.07, 6.45) is 3.80. The van der Waals surface area contributed by atoms with Gasteiger partial charge in [0.2, 0.25) is 10.0 Å². The minimum atomic E-state index is -3.62. The van der Waals surface area contributed by atoms with E-state index < -0.39 is 16.3 Å². The fourth-order valence-corrected chi connectivity index (χ4v) is 9.71. The Bertz CT molecular complexity index is 1860. The lowest BCUT2D eigenvalue weighted by molar-refractivity contribution is -0.253. The molecule has 49 heavy (non-hydrogen) atoms. The van der Waals surface area contributed by atoms with Gasteiger partial charge in [-0.1, -0.05) is 99.6 Å². The topological polar surface area (TPSA) is 88.1 Å². The Morgan fingerprint density at radius 2 is 1.55 bits per heavy atom. The highest BCUT2D eigenvalue weighted by molar-refractivity contribution is 7.89. The molecule has 0 amide bonds. The third-order valence-corrected chi connectivity index (χ3v) is 11.9. The number of likely N-dealkylation sites (tertiary alicyclic amines) is 1. The number of hydrogen-bond donors (Lipinski definition) is 2. The first kappa shape index (κ1) is 34.1. The smallest absolute Gasteiger partial charge is 0.240 e. The molecule has 3 aliphatic rings. The largest absolute Gasteiger partial charge is 0.392 e. The summed E-state index contributed by atoms with van der Waals surface area (Å²) in [6.45, 7) is 9.47. The van der Waals surface area contributed by atoms with Gasteiger partial charge in [-0.3, -0.25) is 4.90 Å². The quantitative estimate of drug-likeness (QED) is 0.178. The molecule has 258 valence electrons. The maximum absolute atomic E-state index is 12.8. The van der Waals surface area contributed by atoms with Gasteiger partial charge < -0.3 is 14.6 Å². The number of benzene rings is 4. The van der Waals surface area contributed by atoms with Crippen molar-refractivity contribution < 1.29 is 23.0 Å². The van der Waals surface area contributed by atoms with Crippen LogP contribution in [-0.4, -0.2) is 43.7 Å². The van der Waals surface area contributed by atoms with Crippen LogP contribution in [-0.2, 0) is 32.6 Å². The fourth-order valence-electron chi connectivity index (χ4n) is 8.67. The Kier molecular flexibility index (Phi) is 9.56. The van der Waals surface area contributed by atoms with Crippen molar-refractivity contribution in [3.63, 3.8) is 0 Å². The SMILES string of the molecule is CC1(C)CC2CC(C)(CN2CC2CC(c3ccc(CO)cc3)OC(c3cccc(-c4cccc(CNS(=O)(=O)c5ccccc5)c4)c3)O2)C1. The van der Waals surface area contributed by atoms with Crippen molar-refractivity contribution in [1.29, 1.82) is 0 Å². The molecule has 0 aromatic heterocycles. The van der Waals surface area contributed by atoms with Crippen LogP contribution < -0.4 is 4.72 Å². The van der Waals surface area contributed by atoms with Crippen molar-refractivity contribution in [2.24, 2.45) is 10.8 Å². The van der Waals surface area contributed by atoms with Crippen LogP contribution in [0, 0.1) is 10.8 Å². The Morgan fingerprint density at radius 3 is 2.31 bits per heavy atom. The van der Waals surface area contributed by atoms with Crippen LogP contribution in [0.1, 0.15) is 81.1 Å². The molecule has 5 unspecified atom stereocenters. The Morgan fingerprint density at radius 1 is 0.816 bits per heavy atom. The van der Waals surface area contributed by atoms with Gasteiger partial charge in [-0.2, -0.15) is 0 Å². The average molecular weight is 681 g/mol. The van der Waals surface area contributed by atoms with Crippen LogP contribution in [0.5, 0.6) is 0 Å². The van der Waals surface area contributed by atoms with Gasteiger partial charge in [0.1, 0.15) is 0 Å². The molecule has 2 bridgehead atoms. The first-order valence-corrected chi connectivity index (χ1v) is 18.9. The lowest BCUT2D eigenvalue weighted by Crippen LogP contribution is -2.42. The molecule has 2 saturated heterocycles. The highest BCUT2D eigenvalue weighted by atomic mass is 32.2. The second kappa shape index (κ2) is 13.7. The second-order valence-corrected chi connectivity index (χ2v) is 17.2. The Labute approximate surface area is 291 Å². The average Bonchev–Trinajstić information content (AvgIpc) is 3.34. The number of rotatable bonds is 10. The molecule has 2 N–H and O–H groups in total. The van der Waals surface area contributed by atoms with E-state index in [0.717, 1.165) is 52.9 Å². The van der Waals surface area contributed by atoms with E-state index in [1.165, 1.54) is 19.3 Å². The number of nitrogens with one attached hydrogen (secondary N) is 1. The monoisotopic (exact) mass is 680 g/mol. The molecule has 0 radical (unpaired) electrons. The summed E-state index contributed by atoms with van der Waals surface area (Å²) in [5, 5.41) is 9.63. The van der Waals surface area contributed by atoms with Gasteiger partial charge in [0.05, 0.1) is 23.7 Å². The van der Waals surface area contributed by atoms with Crippen LogP contribution >= 0.6 is 0 Å². The predicted octanol–water partition coefficient (Wildman–Crippen LogP) is 7.77. The molecular formula is C41H48N2O5S. The molecule has 5 atom stereocenters. The van der Waals surface area contributed by atoms with E-state index in [-0.39, 0.29) is 30.3 Å². The molecular weight excluding hydrogens is 633 g/mol. The molecule has 4 aromatic carbocycles. The minimum Gasteiger partial charge on any atom is -0.392 e. The van der Waals surface area contributed by atoms with Crippen molar-refractivity contribution in [2.75, 3.05) is 13.1 Å². The Hall–Kier alpha value is -3.37.